The van der Waals surface area contributed by atoms with Crippen molar-refractivity contribution in [1.82, 2.24) is 15.3 Å². The highest BCUT2D eigenvalue weighted by Gasteiger charge is 2.23. The van der Waals surface area contributed by atoms with Crippen LogP contribution < -0.4 is 29.7 Å². The van der Waals surface area contributed by atoms with Crippen LogP contribution in [0.4, 0.5) is 11.8 Å². The third-order valence-electron chi connectivity index (χ3n) is 6.45. The Balaban J connectivity index is 1.37. The second-order valence-corrected chi connectivity index (χ2v) is 8.87. The van der Waals surface area contributed by atoms with Gasteiger partial charge in [-0.1, -0.05) is 12.1 Å². The smallest absolute Gasteiger partial charge is 0.225 e. The maximum absolute atomic E-state index is 5.58. The normalized spacial score (nSPS) is 17.9. The maximum atomic E-state index is 5.58. The number of hydrogen-bond donors (Lipinski definition) is 2. The van der Waals surface area contributed by atoms with Crippen molar-refractivity contribution >= 4 is 22.7 Å². The summed E-state index contributed by atoms with van der Waals surface area (Å²) in [4.78, 5) is 11.6. The Hall–Kier alpha value is -3.26. The van der Waals surface area contributed by atoms with Crippen molar-refractivity contribution in [3.8, 4) is 17.2 Å². The van der Waals surface area contributed by atoms with Crippen LogP contribution in [0, 0.1) is 0 Å². The third-order valence-corrected chi connectivity index (χ3v) is 6.45. The molecule has 1 aliphatic rings. The molecular weight excluding hydrogens is 430 g/mol. The zero-order valence-electron chi connectivity index (χ0n) is 20.7. The third kappa shape index (κ3) is 5.28. The van der Waals surface area contributed by atoms with E-state index >= 15 is 0 Å². The van der Waals surface area contributed by atoms with Crippen molar-refractivity contribution in [3.63, 3.8) is 0 Å². The lowest BCUT2D eigenvalue weighted by Crippen LogP contribution is -2.37. The van der Waals surface area contributed by atoms with Crippen LogP contribution in [-0.4, -0.2) is 57.5 Å². The molecule has 3 aromatic rings. The number of methoxy groups -OCH3 is 3. The quantitative estimate of drug-likeness (QED) is 0.486. The molecule has 0 bridgehead atoms. The molecule has 0 atom stereocenters. The zero-order valence-corrected chi connectivity index (χ0v) is 20.7. The summed E-state index contributed by atoms with van der Waals surface area (Å²) in [7, 11) is 9.02. The molecule has 8 nitrogen and oxygen atoms in total. The molecule has 182 valence electrons. The largest absolute Gasteiger partial charge is 0.496 e. The first-order chi connectivity index (χ1) is 16.5. The molecular formula is C26H35N5O3. The number of ether oxygens (including phenoxy) is 3. The summed E-state index contributed by atoms with van der Waals surface area (Å²) in [6.07, 6.45) is 4.27. The van der Waals surface area contributed by atoms with Gasteiger partial charge >= 0.3 is 0 Å². The van der Waals surface area contributed by atoms with Gasteiger partial charge in [0.25, 0.3) is 0 Å². The van der Waals surface area contributed by atoms with E-state index in [1.54, 1.807) is 21.3 Å². The number of fused-ring (bicyclic) bond motifs is 1. The van der Waals surface area contributed by atoms with Gasteiger partial charge in [0.1, 0.15) is 23.1 Å². The molecule has 1 fully saturated rings. The second kappa shape index (κ2) is 10.8. The van der Waals surface area contributed by atoms with E-state index in [1.165, 1.54) is 0 Å². The van der Waals surface area contributed by atoms with Gasteiger partial charge in [-0.3, -0.25) is 0 Å². The number of nitrogens with zero attached hydrogens (tertiary/aromatic N) is 3. The van der Waals surface area contributed by atoms with Crippen molar-refractivity contribution in [1.29, 1.82) is 0 Å². The molecule has 0 amide bonds. The van der Waals surface area contributed by atoms with Crippen molar-refractivity contribution < 1.29 is 14.2 Å². The lowest BCUT2D eigenvalue weighted by Gasteiger charge is -2.30. The van der Waals surface area contributed by atoms with Crippen molar-refractivity contribution in [2.24, 2.45) is 0 Å². The minimum absolute atomic E-state index is 0.360. The van der Waals surface area contributed by atoms with E-state index in [0.29, 0.717) is 24.6 Å². The summed E-state index contributed by atoms with van der Waals surface area (Å²) >= 11 is 0. The van der Waals surface area contributed by atoms with Crippen LogP contribution in [0.15, 0.2) is 36.4 Å². The summed E-state index contributed by atoms with van der Waals surface area (Å²) in [6, 6.07) is 12.7. The Morgan fingerprint density at radius 2 is 1.53 bits per heavy atom. The topological polar surface area (TPSA) is 80.8 Å². The maximum Gasteiger partial charge on any atom is 0.225 e. The summed E-state index contributed by atoms with van der Waals surface area (Å²) in [6.45, 7) is 0.680. The molecule has 1 heterocycles. The first-order valence-corrected chi connectivity index (χ1v) is 11.7. The number of nitrogens with one attached hydrogen (secondary N) is 2. The molecule has 1 aromatic heterocycles. The van der Waals surface area contributed by atoms with Crippen LogP contribution in [0.25, 0.3) is 10.9 Å². The monoisotopic (exact) mass is 465 g/mol. The Morgan fingerprint density at radius 1 is 0.882 bits per heavy atom. The van der Waals surface area contributed by atoms with Gasteiger partial charge in [-0.25, -0.2) is 4.98 Å². The van der Waals surface area contributed by atoms with E-state index in [9.17, 15) is 0 Å². The highest BCUT2D eigenvalue weighted by Crippen LogP contribution is 2.34. The van der Waals surface area contributed by atoms with Gasteiger partial charge in [0, 0.05) is 50.2 Å². The van der Waals surface area contributed by atoms with Gasteiger partial charge in [0.05, 0.1) is 32.4 Å². The van der Waals surface area contributed by atoms with E-state index in [2.05, 4.69) is 16.7 Å². The molecule has 0 radical (unpaired) electrons. The van der Waals surface area contributed by atoms with Gasteiger partial charge in [-0.2, -0.15) is 4.98 Å². The van der Waals surface area contributed by atoms with E-state index in [-0.39, 0.29) is 0 Å². The van der Waals surface area contributed by atoms with Gasteiger partial charge in [-0.05, 0) is 37.8 Å². The Labute approximate surface area is 201 Å². The van der Waals surface area contributed by atoms with E-state index in [4.69, 9.17) is 24.2 Å². The fourth-order valence-corrected chi connectivity index (χ4v) is 4.59. The summed E-state index contributed by atoms with van der Waals surface area (Å²) in [5, 5.41) is 8.34. The number of para-hydroxylation sites is 1. The molecule has 34 heavy (non-hydrogen) atoms. The average molecular weight is 466 g/mol. The van der Waals surface area contributed by atoms with Crippen LogP contribution in [-0.2, 0) is 6.54 Å². The van der Waals surface area contributed by atoms with Crippen LogP contribution >= 0.6 is 0 Å². The summed E-state index contributed by atoms with van der Waals surface area (Å²) < 4.78 is 16.5. The number of aromatic nitrogens is 2. The van der Waals surface area contributed by atoms with Gasteiger partial charge in [0.15, 0.2) is 0 Å². The highest BCUT2D eigenvalue weighted by molar-refractivity contribution is 5.90. The molecule has 4 rings (SSSR count). The standard InChI is InChI=1S/C26H35N5O3/c1-31(2)25-20-8-6-7-9-22(20)29-26(30-25)28-18-12-10-17(11-13-18)27-16-21-23(33-4)14-19(32-3)15-24(21)34-5/h6-9,14-15,17-18,27H,10-13,16H2,1-5H3,(H,28,29,30). The summed E-state index contributed by atoms with van der Waals surface area (Å²) in [5.41, 5.74) is 1.97. The molecule has 1 aliphatic carbocycles. The highest BCUT2D eigenvalue weighted by atomic mass is 16.5. The molecule has 0 aliphatic heterocycles. The van der Waals surface area contributed by atoms with Gasteiger partial charge in [-0.15, -0.1) is 0 Å². The van der Waals surface area contributed by atoms with Gasteiger partial charge < -0.3 is 29.7 Å². The van der Waals surface area contributed by atoms with Crippen molar-refractivity contribution in [2.45, 2.75) is 44.3 Å². The number of benzene rings is 2. The first-order valence-electron chi connectivity index (χ1n) is 11.7. The minimum Gasteiger partial charge on any atom is -0.496 e. The van der Waals surface area contributed by atoms with E-state index in [0.717, 1.165) is 65.2 Å². The van der Waals surface area contributed by atoms with E-state index < -0.39 is 0 Å². The fraction of sp³-hybridized carbons (Fsp3) is 0.462. The van der Waals surface area contributed by atoms with Crippen LogP contribution in [0.5, 0.6) is 17.2 Å². The Morgan fingerprint density at radius 3 is 2.15 bits per heavy atom. The van der Waals surface area contributed by atoms with Gasteiger partial charge in [0.2, 0.25) is 5.95 Å². The van der Waals surface area contributed by atoms with Crippen molar-refractivity contribution in [2.75, 3.05) is 45.6 Å². The molecule has 2 aromatic carbocycles. The predicted molar refractivity (Wildman–Crippen MR) is 136 cm³/mol. The fourth-order valence-electron chi connectivity index (χ4n) is 4.59. The molecule has 8 heteroatoms. The molecule has 2 N–H and O–H groups in total. The molecule has 1 saturated carbocycles. The SMILES string of the molecule is COc1cc(OC)c(CNC2CCC(Nc3nc(N(C)C)c4ccccc4n3)CC2)c(OC)c1. The predicted octanol–water partition coefficient (Wildman–Crippen LogP) is 4.23. The van der Waals surface area contributed by atoms with Crippen molar-refractivity contribution in [3.05, 3.63) is 42.0 Å². The molecule has 0 saturated heterocycles. The van der Waals surface area contributed by atoms with Crippen LogP contribution in [0.2, 0.25) is 0 Å². The Bertz CT molecular complexity index is 1090. The van der Waals surface area contributed by atoms with Crippen LogP contribution in [0.1, 0.15) is 31.2 Å². The Kier molecular flexibility index (Phi) is 7.57. The van der Waals surface area contributed by atoms with Crippen LogP contribution in [0.3, 0.4) is 0 Å². The number of hydrogen-bond acceptors (Lipinski definition) is 8. The molecule has 0 spiro atoms. The number of rotatable bonds is 9. The second-order valence-electron chi connectivity index (χ2n) is 8.87. The lowest BCUT2D eigenvalue weighted by molar-refractivity contribution is 0.338. The average Bonchev–Trinajstić information content (AvgIpc) is 2.87. The van der Waals surface area contributed by atoms with E-state index in [1.807, 2.05) is 49.3 Å². The minimum atomic E-state index is 0.360. The number of anilines is 2. The zero-order chi connectivity index (χ0) is 24.1. The lowest BCUT2D eigenvalue weighted by atomic mass is 9.91. The summed E-state index contributed by atoms with van der Waals surface area (Å²) in [5.74, 6) is 3.89. The first kappa shape index (κ1) is 23.9. The molecule has 0 unspecified atom stereocenters.